The fourth-order valence-corrected chi connectivity index (χ4v) is 4.20. The van der Waals surface area contributed by atoms with E-state index in [4.69, 9.17) is 0 Å². The van der Waals surface area contributed by atoms with Crippen LogP contribution >= 0.6 is 11.8 Å². The second-order valence-electron chi connectivity index (χ2n) is 6.40. The zero-order valence-electron chi connectivity index (χ0n) is 13.5. The summed E-state index contributed by atoms with van der Waals surface area (Å²) in [4.78, 5) is 11.9. The Morgan fingerprint density at radius 3 is 2.81 bits per heavy atom. The van der Waals surface area contributed by atoms with Gasteiger partial charge in [0.25, 0.3) is 5.91 Å². The molecule has 0 bridgehead atoms. The number of hydrogen-bond acceptors (Lipinski definition) is 3. The second-order valence-corrected chi connectivity index (χ2v) is 7.55. The van der Waals surface area contributed by atoms with Crippen molar-refractivity contribution in [1.82, 2.24) is 5.32 Å². The van der Waals surface area contributed by atoms with E-state index >= 15 is 0 Å². The summed E-state index contributed by atoms with van der Waals surface area (Å²) in [6.45, 7) is 9.33. The topological polar surface area (TPSA) is 41.1 Å². The van der Waals surface area contributed by atoms with Gasteiger partial charge in [-0.2, -0.15) is 11.8 Å². The van der Waals surface area contributed by atoms with Crippen molar-refractivity contribution in [3.8, 4) is 0 Å². The summed E-state index contributed by atoms with van der Waals surface area (Å²) in [7, 11) is 0. The van der Waals surface area contributed by atoms with Crippen molar-refractivity contribution in [2.45, 2.75) is 40.2 Å². The summed E-state index contributed by atoms with van der Waals surface area (Å²) in [5.41, 5.74) is 3.32. The summed E-state index contributed by atoms with van der Waals surface area (Å²) in [5, 5.41) is 6.53. The molecule has 0 spiro atoms. The van der Waals surface area contributed by atoms with Crippen molar-refractivity contribution in [1.29, 1.82) is 0 Å². The first-order valence-electron chi connectivity index (χ1n) is 7.67. The largest absolute Gasteiger partial charge is 0.381 e. The van der Waals surface area contributed by atoms with Gasteiger partial charge in [-0.3, -0.25) is 4.79 Å². The van der Waals surface area contributed by atoms with Crippen molar-refractivity contribution in [2.24, 2.45) is 5.41 Å². The highest BCUT2D eigenvalue weighted by Gasteiger charge is 2.32. The molecule has 1 amide bonds. The van der Waals surface area contributed by atoms with Crippen LogP contribution in [0.2, 0.25) is 0 Å². The second kappa shape index (κ2) is 6.73. The molecule has 3 nitrogen and oxygen atoms in total. The lowest BCUT2D eigenvalue weighted by Crippen LogP contribution is -2.41. The highest BCUT2D eigenvalue weighted by Crippen LogP contribution is 2.36. The molecule has 0 aromatic heterocycles. The molecule has 1 atom stereocenters. The molecule has 1 unspecified atom stereocenters. The Balaban J connectivity index is 2.12. The molecule has 1 aromatic rings. The van der Waals surface area contributed by atoms with Crippen LogP contribution in [-0.4, -0.2) is 30.0 Å². The van der Waals surface area contributed by atoms with Crippen molar-refractivity contribution in [3.05, 3.63) is 29.3 Å². The van der Waals surface area contributed by atoms with Crippen LogP contribution in [0.5, 0.6) is 0 Å². The fourth-order valence-electron chi connectivity index (χ4n) is 2.59. The van der Waals surface area contributed by atoms with E-state index in [-0.39, 0.29) is 5.91 Å². The minimum absolute atomic E-state index is 0.000650. The van der Waals surface area contributed by atoms with Gasteiger partial charge in [-0.25, -0.2) is 0 Å². The van der Waals surface area contributed by atoms with Gasteiger partial charge >= 0.3 is 0 Å². The molecule has 1 aromatic carbocycles. The van der Waals surface area contributed by atoms with Crippen LogP contribution in [0.1, 0.15) is 43.1 Å². The SMILES string of the molecule is CCNC(=O)c1ccc(NC2CSCCC2(C)C)c(C)c1. The van der Waals surface area contributed by atoms with Crippen LogP contribution in [0.25, 0.3) is 0 Å². The van der Waals surface area contributed by atoms with Crippen LogP contribution < -0.4 is 10.6 Å². The van der Waals surface area contributed by atoms with E-state index in [1.807, 2.05) is 36.9 Å². The molecule has 21 heavy (non-hydrogen) atoms. The first-order valence-corrected chi connectivity index (χ1v) is 8.82. The van der Waals surface area contributed by atoms with Gasteiger partial charge in [-0.15, -0.1) is 0 Å². The van der Waals surface area contributed by atoms with Gasteiger partial charge in [-0.1, -0.05) is 13.8 Å². The van der Waals surface area contributed by atoms with Gasteiger partial charge < -0.3 is 10.6 Å². The van der Waals surface area contributed by atoms with Crippen LogP contribution in [-0.2, 0) is 0 Å². The minimum atomic E-state index is 0.000650. The molecule has 1 heterocycles. The molecule has 2 N–H and O–H groups in total. The molecule has 4 heteroatoms. The molecule has 116 valence electrons. The van der Waals surface area contributed by atoms with Crippen LogP contribution in [0.3, 0.4) is 0 Å². The number of carbonyl (C=O) groups is 1. The average Bonchev–Trinajstić information content (AvgIpc) is 2.43. The zero-order chi connectivity index (χ0) is 15.5. The number of benzene rings is 1. The highest BCUT2D eigenvalue weighted by molar-refractivity contribution is 7.99. The van der Waals surface area contributed by atoms with Gasteiger partial charge in [0.1, 0.15) is 0 Å². The van der Waals surface area contributed by atoms with Gasteiger partial charge in [0.15, 0.2) is 0 Å². The Kier molecular flexibility index (Phi) is 5.20. The lowest BCUT2D eigenvalue weighted by molar-refractivity contribution is 0.0956. The molecule has 1 aliphatic rings. The van der Waals surface area contributed by atoms with Gasteiger partial charge in [0, 0.05) is 29.6 Å². The fraction of sp³-hybridized carbons (Fsp3) is 0.588. The summed E-state index contributed by atoms with van der Waals surface area (Å²) < 4.78 is 0. The molecular formula is C17H26N2OS. The number of aryl methyl sites for hydroxylation is 1. The smallest absolute Gasteiger partial charge is 0.251 e. The van der Waals surface area contributed by atoms with Gasteiger partial charge in [-0.05, 0) is 55.2 Å². The van der Waals surface area contributed by atoms with E-state index in [0.29, 0.717) is 18.0 Å². The first-order chi connectivity index (χ1) is 9.94. The quantitative estimate of drug-likeness (QED) is 0.891. The molecule has 0 radical (unpaired) electrons. The third-order valence-electron chi connectivity index (χ3n) is 4.27. The lowest BCUT2D eigenvalue weighted by Gasteiger charge is -2.39. The van der Waals surface area contributed by atoms with E-state index in [1.54, 1.807) is 0 Å². The minimum Gasteiger partial charge on any atom is -0.381 e. The summed E-state index contributed by atoms with van der Waals surface area (Å²) in [6.07, 6.45) is 1.24. The van der Waals surface area contributed by atoms with Crippen molar-refractivity contribution in [2.75, 3.05) is 23.4 Å². The van der Waals surface area contributed by atoms with Crippen molar-refractivity contribution < 1.29 is 4.79 Å². The monoisotopic (exact) mass is 306 g/mol. The maximum absolute atomic E-state index is 11.9. The first kappa shape index (κ1) is 16.2. The van der Waals surface area contributed by atoms with E-state index in [0.717, 1.165) is 22.6 Å². The number of rotatable bonds is 4. The Morgan fingerprint density at radius 1 is 1.43 bits per heavy atom. The molecule has 2 rings (SSSR count). The number of nitrogens with one attached hydrogen (secondary N) is 2. The van der Waals surface area contributed by atoms with Gasteiger partial charge in [0.05, 0.1) is 0 Å². The predicted octanol–water partition coefficient (Wildman–Crippen LogP) is 3.69. The van der Waals surface area contributed by atoms with Gasteiger partial charge in [0.2, 0.25) is 0 Å². The van der Waals surface area contributed by atoms with Crippen LogP contribution in [0.4, 0.5) is 5.69 Å². The molecule has 1 fully saturated rings. The summed E-state index contributed by atoms with van der Waals surface area (Å²) in [6, 6.07) is 6.39. The number of amides is 1. The number of carbonyl (C=O) groups excluding carboxylic acids is 1. The normalized spacial score (nSPS) is 20.9. The highest BCUT2D eigenvalue weighted by atomic mass is 32.2. The van der Waals surface area contributed by atoms with Crippen LogP contribution in [0, 0.1) is 12.3 Å². The number of anilines is 1. The molecule has 0 aliphatic carbocycles. The van der Waals surface area contributed by atoms with E-state index in [2.05, 4.69) is 31.4 Å². The lowest BCUT2D eigenvalue weighted by atomic mass is 9.82. The van der Waals surface area contributed by atoms with Crippen LogP contribution in [0.15, 0.2) is 18.2 Å². The molecular weight excluding hydrogens is 280 g/mol. The van der Waals surface area contributed by atoms with E-state index in [1.165, 1.54) is 12.2 Å². The van der Waals surface area contributed by atoms with E-state index < -0.39 is 0 Å². The summed E-state index contributed by atoms with van der Waals surface area (Å²) >= 11 is 2.02. The molecule has 0 saturated carbocycles. The average molecular weight is 306 g/mol. The Morgan fingerprint density at radius 2 is 2.19 bits per heavy atom. The number of thioether (sulfide) groups is 1. The van der Waals surface area contributed by atoms with Crippen molar-refractivity contribution in [3.63, 3.8) is 0 Å². The Labute approximate surface area is 132 Å². The van der Waals surface area contributed by atoms with E-state index in [9.17, 15) is 4.79 Å². The Hall–Kier alpha value is -1.16. The maximum atomic E-state index is 11.9. The van der Waals surface area contributed by atoms with Crippen molar-refractivity contribution >= 4 is 23.4 Å². The Bertz CT molecular complexity index is 514. The third kappa shape index (κ3) is 3.94. The number of hydrogen-bond donors (Lipinski definition) is 2. The maximum Gasteiger partial charge on any atom is 0.251 e. The molecule has 1 saturated heterocycles. The molecule has 1 aliphatic heterocycles. The third-order valence-corrected chi connectivity index (χ3v) is 5.34. The standard InChI is InChI=1S/C17H26N2OS/c1-5-18-16(20)13-6-7-14(12(2)10-13)19-15-11-21-9-8-17(15,3)4/h6-7,10,15,19H,5,8-9,11H2,1-4H3,(H,18,20). The zero-order valence-corrected chi connectivity index (χ0v) is 14.3. The summed E-state index contributed by atoms with van der Waals surface area (Å²) in [5.74, 6) is 2.39. The predicted molar refractivity (Wildman–Crippen MR) is 92.3 cm³/mol.